The molecule has 1 aliphatic rings. The van der Waals surface area contributed by atoms with Gasteiger partial charge < -0.3 is 19.1 Å². The number of aldehydes is 1. The van der Waals surface area contributed by atoms with Crippen LogP contribution in [0.3, 0.4) is 0 Å². The Balaban J connectivity index is 2.17. The molecule has 0 N–H and O–H groups in total. The molecular formula is C12H13NO5. The van der Waals surface area contributed by atoms with Gasteiger partial charge in [0.25, 0.3) is 5.91 Å². The summed E-state index contributed by atoms with van der Waals surface area (Å²) in [6.45, 7) is -0.0127. The number of hydrogen-bond donors (Lipinski definition) is 0. The second kappa shape index (κ2) is 4.95. The van der Waals surface area contributed by atoms with Crippen molar-refractivity contribution in [2.45, 2.75) is 0 Å². The molecule has 6 nitrogen and oxygen atoms in total. The fraction of sp³-hybridized carbons (Fsp3) is 0.333. The maximum Gasteiger partial charge on any atom is 0.259 e. The Hall–Kier alpha value is -2.24. The molecule has 18 heavy (non-hydrogen) atoms. The second-order valence-electron chi connectivity index (χ2n) is 3.94. The molecule has 0 fully saturated rings. The highest BCUT2D eigenvalue weighted by Gasteiger charge is 2.18. The molecule has 0 aromatic heterocycles. The summed E-state index contributed by atoms with van der Waals surface area (Å²) in [4.78, 5) is 23.8. The summed E-state index contributed by atoms with van der Waals surface area (Å²) < 4.78 is 15.6. The van der Waals surface area contributed by atoms with E-state index in [1.807, 2.05) is 0 Å². The van der Waals surface area contributed by atoms with E-state index in [4.69, 9.17) is 14.2 Å². The molecular weight excluding hydrogens is 238 g/mol. The molecule has 1 amide bonds. The first-order valence-electron chi connectivity index (χ1n) is 5.33. The minimum absolute atomic E-state index is 0.119. The van der Waals surface area contributed by atoms with Gasteiger partial charge in [0.05, 0.1) is 5.56 Å². The van der Waals surface area contributed by atoms with Crippen LogP contribution in [0.2, 0.25) is 0 Å². The van der Waals surface area contributed by atoms with Crippen LogP contribution in [0.1, 0.15) is 10.4 Å². The van der Waals surface area contributed by atoms with Crippen LogP contribution in [0.5, 0.6) is 17.2 Å². The van der Waals surface area contributed by atoms with Crippen molar-refractivity contribution in [1.29, 1.82) is 0 Å². The fourth-order valence-electron chi connectivity index (χ4n) is 1.42. The Bertz CT molecular complexity index is 484. The summed E-state index contributed by atoms with van der Waals surface area (Å²) in [6.07, 6.45) is 0.650. The minimum Gasteiger partial charge on any atom is -0.483 e. The number of carbonyl (C=O) groups is 2. The molecule has 1 aromatic carbocycles. The van der Waals surface area contributed by atoms with Crippen molar-refractivity contribution >= 4 is 12.2 Å². The zero-order valence-electron chi connectivity index (χ0n) is 10.1. The Morgan fingerprint density at radius 2 is 2.06 bits per heavy atom. The van der Waals surface area contributed by atoms with Crippen molar-refractivity contribution < 1.29 is 23.8 Å². The summed E-state index contributed by atoms with van der Waals surface area (Å²) in [7, 11) is 3.26. The lowest BCUT2D eigenvalue weighted by atomic mass is 10.2. The SMILES string of the molecule is CN(C)C(=O)COc1cc2c(cc1C=O)OCO2. The predicted molar refractivity (Wildman–Crippen MR) is 62.1 cm³/mol. The largest absolute Gasteiger partial charge is 0.483 e. The van der Waals surface area contributed by atoms with Gasteiger partial charge in [-0.25, -0.2) is 0 Å². The number of carbonyl (C=O) groups excluding carboxylic acids is 2. The van der Waals surface area contributed by atoms with E-state index in [1.165, 1.54) is 11.0 Å². The van der Waals surface area contributed by atoms with Crippen LogP contribution in [0.15, 0.2) is 12.1 Å². The average molecular weight is 251 g/mol. The zero-order chi connectivity index (χ0) is 13.1. The number of hydrogen-bond acceptors (Lipinski definition) is 5. The summed E-state index contributed by atoms with van der Waals surface area (Å²) >= 11 is 0. The summed E-state index contributed by atoms with van der Waals surface area (Å²) in [5.41, 5.74) is 0.325. The highest BCUT2D eigenvalue weighted by Crippen LogP contribution is 2.37. The minimum atomic E-state index is -0.190. The van der Waals surface area contributed by atoms with Gasteiger partial charge in [-0.2, -0.15) is 0 Å². The first-order chi connectivity index (χ1) is 8.61. The van der Waals surface area contributed by atoms with Crippen molar-refractivity contribution in [2.24, 2.45) is 0 Å². The number of likely N-dealkylation sites (N-methyl/N-ethyl adjacent to an activating group) is 1. The highest BCUT2D eigenvalue weighted by atomic mass is 16.7. The second-order valence-corrected chi connectivity index (χ2v) is 3.94. The van der Waals surface area contributed by atoms with Gasteiger partial charge in [-0.3, -0.25) is 9.59 Å². The number of fused-ring (bicyclic) bond motifs is 1. The van der Waals surface area contributed by atoms with Crippen LogP contribution in [0.4, 0.5) is 0 Å². The summed E-state index contributed by atoms with van der Waals surface area (Å²) in [5.74, 6) is 1.13. The molecule has 1 aliphatic heterocycles. The van der Waals surface area contributed by atoms with Gasteiger partial charge in [0.15, 0.2) is 24.4 Å². The first-order valence-corrected chi connectivity index (χ1v) is 5.33. The molecule has 6 heteroatoms. The first kappa shape index (κ1) is 12.2. The Labute approximate surface area is 104 Å². The lowest BCUT2D eigenvalue weighted by Crippen LogP contribution is -2.27. The monoisotopic (exact) mass is 251 g/mol. The molecule has 0 radical (unpaired) electrons. The third kappa shape index (κ3) is 2.37. The van der Waals surface area contributed by atoms with Gasteiger partial charge >= 0.3 is 0 Å². The van der Waals surface area contributed by atoms with Crippen molar-refractivity contribution in [3.8, 4) is 17.2 Å². The quantitative estimate of drug-likeness (QED) is 0.737. The third-order valence-electron chi connectivity index (χ3n) is 2.48. The van der Waals surface area contributed by atoms with E-state index in [2.05, 4.69) is 0 Å². The maximum atomic E-state index is 11.4. The predicted octanol–water partition coefficient (Wildman–Crippen LogP) is 0.695. The van der Waals surface area contributed by atoms with E-state index < -0.39 is 0 Å². The van der Waals surface area contributed by atoms with E-state index in [9.17, 15) is 9.59 Å². The zero-order valence-corrected chi connectivity index (χ0v) is 10.1. The Morgan fingerprint density at radius 1 is 1.39 bits per heavy atom. The van der Waals surface area contributed by atoms with Crippen molar-refractivity contribution in [2.75, 3.05) is 27.5 Å². The number of amides is 1. The molecule has 0 saturated carbocycles. The van der Waals surface area contributed by atoms with Crippen LogP contribution in [0, 0.1) is 0 Å². The number of nitrogens with zero attached hydrogens (tertiary/aromatic N) is 1. The number of rotatable bonds is 4. The van der Waals surface area contributed by atoms with E-state index in [-0.39, 0.29) is 19.3 Å². The van der Waals surface area contributed by atoms with Crippen LogP contribution in [0.25, 0.3) is 0 Å². The number of ether oxygens (including phenoxy) is 3. The van der Waals surface area contributed by atoms with Crippen molar-refractivity contribution in [3.63, 3.8) is 0 Å². The standard InChI is InChI=1S/C12H13NO5/c1-13(2)12(15)6-16-9-4-11-10(17-7-18-11)3-8(9)5-14/h3-5H,6-7H2,1-2H3. The van der Waals surface area contributed by atoms with E-state index in [1.54, 1.807) is 20.2 Å². The topological polar surface area (TPSA) is 65.1 Å². The molecule has 0 atom stereocenters. The third-order valence-corrected chi connectivity index (χ3v) is 2.48. The lowest BCUT2D eigenvalue weighted by molar-refractivity contribution is -0.130. The van der Waals surface area contributed by atoms with Gasteiger partial charge in [0.2, 0.25) is 6.79 Å². The normalized spacial score (nSPS) is 12.1. The summed E-state index contributed by atoms with van der Waals surface area (Å²) in [6, 6.07) is 3.08. The maximum absolute atomic E-state index is 11.4. The van der Waals surface area contributed by atoms with Crippen LogP contribution in [-0.2, 0) is 4.79 Å². The van der Waals surface area contributed by atoms with Crippen LogP contribution < -0.4 is 14.2 Å². The highest BCUT2D eigenvalue weighted by molar-refractivity contribution is 5.82. The van der Waals surface area contributed by atoms with E-state index >= 15 is 0 Å². The molecule has 0 unspecified atom stereocenters. The molecule has 0 bridgehead atoms. The molecule has 0 spiro atoms. The van der Waals surface area contributed by atoms with Crippen LogP contribution in [-0.4, -0.2) is 44.6 Å². The molecule has 96 valence electrons. The summed E-state index contributed by atoms with van der Waals surface area (Å²) in [5, 5.41) is 0. The van der Waals surface area contributed by atoms with Crippen LogP contribution >= 0.6 is 0 Å². The molecule has 0 saturated heterocycles. The molecule has 1 aromatic rings. The Kier molecular flexibility index (Phi) is 3.36. The van der Waals surface area contributed by atoms with Crippen molar-refractivity contribution in [3.05, 3.63) is 17.7 Å². The van der Waals surface area contributed by atoms with Gasteiger partial charge in [-0.05, 0) is 6.07 Å². The van der Waals surface area contributed by atoms with E-state index in [0.717, 1.165) is 0 Å². The molecule has 1 heterocycles. The smallest absolute Gasteiger partial charge is 0.259 e. The van der Waals surface area contributed by atoms with Gasteiger partial charge in [0.1, 0.15) is 5.75 Å². The molecule has 0 aliphatic carbocycles. The average Bonchev–Trinajstić information content (AvgIpc) is 2.81. The van der Waals surface area contributed by atoms with Crippen molar-refractivity contribution in [1.82, 2.24) is 4.90 Å². The van der Waals surface area contributed by atoms with Gasteiger partial charge in [-0.1, -0.05) is 0 Å². The van der Waals surface area contributed by atoms with Gasteiger partial charge in [0, 0.05) is 20.2 Å². The van der Waals surface area contributed by atoms with E-state index in [0.29, 0.717) is 29.1 Å². The van der Waals surface area contributed by atoms with Gasteiger partial charge in [-0.15, -0.1) is 0 Å². The Morgan fingerprint density at radius 3 is 2.67 bits per heavy atom. The molecule has 2 rings (SSSR count). The fourth-order valence-corrected chi connectivity index (χ4v) is 1.42. The number of benzene rings is 1. The lowest BCUT2D eigenvalue weighted by Gasteiger charge is -2.12.